The van der Waals surface area contributed by atoms with Gasteiger partial charge in [0.1, 0.15) is 5.60 Å². The van der Waals surface area contributed by atoms with Crippen molar-refractivity contribution in [2.75, 3.05) is 19.8 Å². The maximum absolute atomic E-state index is 12.6. The molecule has 1 amide bonds. The van der Waals surface area contributed by atoms with Crippen LogP contribution in [0.4, 0.5) is 4.79 Å². The third-order valence-electron chi connectivity index (χ3n) is 4.73. The molecule has 1 unspecified atom stereocenters. The lowest BCUT2D eigenvalue weighted by atomic mass is 10.0. The molecule has 0 N–H and O–H groups in total. The number of carbonyl (C=O) groups is 1. The molecule has 3 rings (SSSR count). The predicted octanol–water partition coefficient (Wildman–Crippen LogP) is 4.59. The smallest absolute Gasteiger partial charge is 0.410 e. The molecular weight excluding hydrogens is 370 g/mol. The first-order valence-corrected chi connectivity index (χ1v) is 10.4. The van der Waals surface area contributed by atoms with E-state index in [0.29, 0.717) is 31.4 Å². The number of amides is 1. The molecule has 0 spiro atoms. The summed E-state index contributed by atoms with van der Waals surface area (Å²) in [5, 5.41) is 0. The Labute approximate surface area is 172 Å². The van der Waals surface area contributed by atoms with E-state index >= 15 is 0 Å². The molecule has 0 aliphatic carbocycles. The van der Waals surface area contributed by atoms with Gasteiger partial charge in [0.05, 0.1) is 24.2 Å². The molecule has 2 aromatic rings. The van der Waals surface area contributed by atoms with E-state index in [1.807, 2.05) is 56.9 Å². The number of benzene rings is 1. The molecule has 1 aromatic carbocycles. The van der Waals surface area contributed by atoms with Crippen molar-refractivity contribution in [2.45, 2.75) is 65.0 Å². The molecule has 1 atom stereocenters. The van der Waals surface area contributed by atoms with Crippen LogP contribution in [0, 0.1) is 0 Å². The highest BCUT2D eigenvalue weighted by Gasteiger charge is 2.30. The fourth-order valence-electron chi connectivity index (χ4n) is 3.45. The Kier molecular flexibility index (Phi) is 6.77. The summed E-state index contributed by atoms with van der Waals surface area (Å²) in [4.78, 5) is 23.5. The second-order valence-corrected chi connectivity index (χ2v) is 8.22. The van der Waals surface area contributed by atoms with Gasteiger partial charge in [-0.3, -0.25) is 0 Å². The summed E-state index contributed by atoms with van der Waals surface area (Å²) in [7, 11) is 0. The third kappa shape index (κ3) is 5.71. The molecule has 1 saturated heterocycles. The first-order valence-electron chi connectivity index (χ1n) is 10.4. The molecule has 0 radical (unpaired) electrons. The monoisotopic (exact) mass is 401 g/mol. The van der Waals surface area contributed by atoms with Gasteiger partial charge >= 0.3 is 6.09 Å². The van der Waals surface area contributed by atoms with Crippen LogP contribution in [-0.4, -0.2) is 52.4 Å². The summed E-state index contributed by atoms with van der Waals surface area (Å²) in [5.41, 5.74) is 1.04. The topological polar surface area (TPSA) is 73.8 Å². The van der Waals surface area contributed by atoms with E-state index in [-0.39, 0.29) is 12.1 Å². The molecule has 1 fully saturated rings. The molecular formula is C22H31N3O4. The molecule has 29 heavy (non-hydrogen) atoms. The van der Waals surface area contributed by atoms with Crippen LogP contribution in [0.5, 0.6) is 11.8 Å². The van der Waals surface area contributed by atoms with Crippen molar-refractivity contribution in [3.63, 3.8) is 0 Å². The summed E-state index contributed by atoms with van der Waals surface area (Å²) < 4.78 is 17.1. The summed E-state index contributed by atoms with van der Waals surface area (Å²) in [6, 6.07) is 7.73. The summed E-state index contributed by atoms with van der Waals surface area (Å²) in [6.07, 6.45) is 3.51. The van der Waals surface area contributed by atoms with E-state index in [9.17, 15) is 4.79 Å². The minimum absolute atomic E-state index is 0.0996. The fraction of sp³-hybridized carbons (Fsp3) is 0.591. The van der Waals surface area contributed by atoms with Crippen LogP contribution in [0.15, 0.2) is 24.3 Å². The number of ether oxygens (including phenoxy) is 3. The largest absolute Gasteiger partial charge is 0.474 e. The van der Waals surface area contributed by atoms with Gasteiger partial charge in [0.2, 0.25) is 0 Å². The van der Waals surface area contributed by atoms with Gasteiger partial charge < -0.3 is 19.1 Å². The SMILES string of the molecule is CCOc1nc2ccccc2nc1OCCC1CCCCN1C(=O)OC(C)(C)C. The molecule has 2 heterocycles. The van der Waals surface area contributed by atoms with Gasteiger partial charge in [0, 0.05) is 19.0 Å². The number of rotatable bonds is 6. The summed E-state index contributed by atoms with van der Waals surface area (Å²) in [6.45, 7) is 9.21. The standard InChI is InChI=1S/C22H31N3O4/c1-5-27-19-20(24-18-12-7-6-11-17(18)23-19)28-15-13-16-10-8-9-14-25(16)21(26)29-22(2,3)4/h6-7,11-12,16H,5,8-10,13-15H2,1-4H3. The Morgan fingerprint density at radius 2 is 1.76 bits per heavy atom. The van der Waals surface area contributed by atoms with Gasteiger partial charge in [-0.25, -0.2) is 14.8 Å². The molecule has 7 nitrogen and oxygen atoms in total. The van der Waals surface area contributed by atoms with Gasteiger partial charge in [0.25, 0.3) is 11.8 Å². The molecule has 7 heteroatoms. The second kappa shape index (κ2) is 9.29. The lowest BCUT2D eigenvalue weighted by Crippen LogP contribution is -2.46. The maximum atomic E-state index is 12.6. The van der Waals surface area contributed by atoms with Gasteiger partial charge in [-0.15, -0.1) is 0 Å². The van der Waals surface area contributed by atoms with Gasteiger partial charge in [-0.05, 0) is 59.1 Å². The predicted molar refractivity (Wildman–Crippen MR) is 111 cm³/mol. The van der Waals surface area contributed by atoms with Crippen LogP contribution in [0.3, 0.4) is 0 Å². The quantitative estimate of drug-likeness (QED) is 0.705. The average molecular weight is 402 g/mol. The number of hydrogen-bond donors (Lipinski definition) is 0. The minimum atomic E-state index is -0.497. The number of likely N-dealkylation sites (tertiary alicyclic amines) is 1. The first-order chi connectivity index (χ1) is 13.9. The van der Waals surface area contributed by atoms with E-state index in [4.69, 9.17) is 14.2 Å². The highest BCUT2D eigenvalue weighted by atomic mass is 16.6. The molecule has 0 bridgehead atoms. The van der Waals surface area contributed by atoms with Crippen LogP contribution in [0.2, 0.25) is 0 Å². The van der Waals surface area contributed by atoms with Crippen LogP contribution >= 0.6 is 0 Å². The molecule has 1 aliphatic heterocycles. The van der Waals surface area contributed by atoms with Gasteiger partial charge in [0.15, 0.2) is 0 Å². The number of piperidine rings is 1. The van der Waals surface area contributed by atoms with Crippen molar-refractivity contribution < 1.29 is 19.0 Å². The zero-order valence-corrected chi connectivity index (χ0v) is 17.8. The fourth-order valence-corrected chi connectivity index (χ4v) is 3.45. The van der Waals surface area contributed by atoms with E-state index in [1.165, 1.54) is 0 Å². The van der Waals surface area contributed by atoms with E-state index in [0.717, 1.165) is 36.8 Å². The van der Waals surface area contributed by atoms with Gasteiger partial charge in [-0.1, -0.05) is 12.1 Å². The molecule has 158 valence electrons. The van der Waals surface area contributed by atoms with E-state index in [2.05, 4.69) is 9.97 Å². The zero-order chi connectivity index (χ0) is 20.9. The van der Waals surface area contributed by atoms with Crippen LogP contribution in [0.1, 0.15) is 53.4 Å². The third-order valence-corrected chi connectivity index (χ3v) is 4.73. The number of nitrogens with zero attached hydrogens (tertiary/aromatic N) is 3. The number of fused-ring (bicyclic) bond motifs is 1. The average Bonchev–Trinajstić information content (AvgIpc) is 2.67. The minimum Gasteiger partial charge on any atom is -0.474 e. The lowest BCUT2D eigenvalue weighted by Gasteiger charge is -2.36. The van der Waals surface area contributed by atoms with Gasteiger partial charge in [-0.2, -0.15) is 0 Å². The molecule has 0 saturated carbocycles. The van der Waals surface area contributed by atoms with E-state index in [1.54, 1.807) is 0 Å². The molecule has 1 aromatic heterocycles. The number of hydrogen-bond acceptors (Lipinski definition) is 6. The van der Waals surface area contributed by atoms with Crippen molar-refractivity contribution in [3.8, 4) is 11.8 Å². The molecule has 1 aliphatic rings. The zero-order valence-electron chi connectivity index (χ0n) is 17.8. The van der Waals surface area contributed by atoms with Crippen molar-refractivity contribution in [3.05, 3.63) is 24.3 Å². The summed E-state index contributed by atoms with van der Waals surface area (Å²) >= 11 is 0. The first kappa shape index (κ1) is 21.1. The highest BCUT2D eigenvalue weighted by molar-refractivity contribution is 5.75. The van der Waals surface area contributed by atoms with Crippen LogP contribution in [0.25, 0.3) is 11.0 Å². The Balaban J connectivity index is 1.66. The second-order valence-electron chi connectivity index (χ2n) is 8.22. The van der Waals surface area contributed by atoms with Crippen molar-refractivity contribution >= 4 is 17.1 Å². The van der Waals surface area contributed by atoms with Crippen LogP contribution < -0.4 is 9.47 Å². The lowest BCUT2D eigenvalue weighted by molar-refractivity contribution is 0.00732. The Hall–Kier alpha value is -2.57. The highest BCUT2D eigenvalue weighted by Crippen LogP contribution is 2.27. The van der Waals surface area contributed by atoms with E-state index < -0.39 is 5.60 Å². The Bertz CT molecular complexity index is 834. The van der Waals surface area contributed by atoms with Crippen LogP contribution in [-0.2, 0) is 4.74 Å². The Morgan fingerprint density at radius 1 is 1.10 bits per heavy atom. The van der Waals surface area contributed by atoms with Crippen molar-refractivity contribution in [1.82, 2.24) is 14.9 Å². The number of aromatic nitrogens is 2. The summed E-state index contributed by atoms with van der Waals surface area (Å²) in [5.74, 6) is 0.795. The normalized spacial score (nSPS) is 17.2. The number of para-hydroxylation sites is 2. The van der Waals surface area contributed by atoms with Crippen molar-refractivity contribution in [1.29, 1.82) is 0 Å². The van der Waals surface area contributed by atoms with Crippen molar-refractivity contribution in [2.24, 2.45) is 0 Å². The maximum Gasteiger partial charge on any atom is 0.410 e. The Morgan fingerprint density at radius 3 is 2.38 bits per heavy atom. The number of carbonyl (C=O) groups excluding carboxylic acids is 1.